The summed E-state index contributed by atoms with van der Waals surface area (Å²) in [6.45, 7) is 4.50. The lowest BCUT2D eigenvalue weighted by atomic mass is 10.3. The highest BCUT2D eigenvalue weighted by molar-refractivity contribution is 5.85. The minimum Gasteiger partial charge on any atom is -0.468 e. The lowest BCUT2D eigenvalue weighted by Crippen LogP contribution is -2.34. The normalized spacial score (nSPS) is 11.5. The number of rotatable bonds is 3. The highest BCUT2D eigenvalue weighted by atomic mass is 35.5. The van der Waals surface area contributed by atoms with Crippen molar-refractivity contribution in [3.8, 4) is 0 Å². The molecule has 0 aliphatic carbocycles. The standard InChI is InChI=1S/C6H13NO2.ClH/c1-4-7-5(2)6(8)9-3;/h5,7H,4H2,1-3H3;1H/t5-;/m1./s1. The van der Waals surface area contributed by atoms with Crippen LogP contribution in [0.1, 0.15) is 13.8 Å². The van der Waals surface area contributed by atoms with Crippen molar-refractivity contribution >= 4 is 18.4 Å². The lowest BCUT2D eigenvalue weighted by molar-refractivity contribution is -0.142. The van der Waals surface area contributed by atoms with Crippen molar-refractivity contribution < 1.29 is 9.53 Å². The second-order valence-corrected chi connectivity index (χ2v) is 1.80. The molecule has 0 unspecified atom stereocenters. The fourth-order valence-electron chi connectivity index (χ4n) is 0.566. The fraction of sp³-hybridized carbons (Fsp3) is 0.833. The third kappa shape index (κ3) is 4.58. The van der Waals surface area contributed by atoms with Crippen LogP contribution in [0.3, 0.4) is 0 Å². The summed E-state index contributed by atoms with van der Waals surface area (Å²) in [5.74, 6) is -0.211. The van der Waals surface area contributed by atoms with Gasteiger partial charge in [0.25, 0.3) is 0 Å². The maximum absolute atomic E-state index is 10.6. The molecule has 0 aliphatic rings. The van der Waals surface area contributed by atoms with Gasteiger partial charge in [0, 0.05) is 0 Å². The van der Waals surface area contributed by atoms with E-state index in [2.05, 4.69) is 10.1 Å². The van der Waals surface area contributed by atoms with E-state index in [0.29, 0.717) is 0 Å². The molecule has 0 fully saturated rings. The van der Waals surface area contributed by atoms with Crippen molar-refractivity contribution in [3.63, 3.8) is 0 Å². The minimum atomic E-state index is -0.211. The van der Waals surface area contributed by atoms with Gasteiger partial charge in [-0.1, -0.05) is 6.92 Å². The van der Waals surface area contributed by atoms with Crippen LogP contribution in [0.15, 0.2) is 0 Å². The van der Waals surface area contributed by atoms with E-state index < -0.39 is 0 Å². The van der Waals surface area contributed by atoms with Crippen LogP contribution in [0.2, 0.25) is 0 Å². The molecule has 0 heterocycles. The van der Waals surface area contributed by atoms with Crippen molar-refractivity contribution in [1.82, 2.24) is 5.32 Å². The molecule has 0 rings (SSSR count). The first-order chi connectivity index (χ1) is 4.22. The number of ether oxygens (including phenoxy) is 1. The molecule has 0 aromatic heterocycles. The minimum absolute atomic E-state index is 0. The van der Waals surface area contributed by atoms with Gasteiger partial charge in [-0.2, -0.15) is 0 Å². The molecule has 62 valence electrons. The Bertz CT molecular complexity index is 97.7. The molecule has 1 N–H and O–H groups in total. The summed E-state index contributed by atoms with van der Waals surface area (Å²) in [4.78, 5) is 10.6. The number of carbonyl (C=O) groups excluding carboxylic acids is 1. The van der Waals surface area contributed by atoms with Gasteiger partial charge in [0.2, 0.25) is 0 Å². The number of halogens is 1. The van der Waals surface area contributed by atoms with Crippen LogP contribution in [-0.2, 0) is 9.53 Å². The van der Waals surface area contributed by atoms with E-state index >= 15 is 0 Å². The third-order valence-electron chi connectivity index (χ3n) is 1.07. The van der Waals surface area contributed by atoms with Gasteiger partial charge < -0.3 is 10.1 Å². The predicted molar refractivity (Wildman–Crippen MR) is 42.4 cm³/mol. The number of esters is 1. The lowest BCUT2D eigenvalue weighted by Gasteiger charge is -2.07. The zero-order chi connectivity index (χ0) is 7.28. The van der Waals surface area contributed by atoms with Crippen LogP contribution in [-0.4, -0.2) is 25.7 Å². The summed E-state index contributed by atoms with van der Waals surface area (Å²) in [6.07, 6.45) is 0. The molecule has 0 aromatic carbocycles. The molecule has 3 nitrogen and oxygen atoms in total. The molecular formula is C6H14ClNO2. The molecule has 0 aromatic rings. The van der Waals surface area contributed by atoms with Crippen LogP contribution in [0.4, 0.5) is 0 Å². The summed E-state index contributed by atoms with van der Waals surface area (Å²) in [6, 6.07) is -0.181. The molecular weight excluding hydrogens is 154 g/mol. The Morgan fingerprint density at radius 1 is 1.70 bits per heavy atom. The number of hydrogen-bond donors (Lipinski definition) is 1. The second kappa shape index (κ2) is 6.83. The largest absolute Gasteiger partial charge is 0.468 e. The highest BCUT2D eigenvalue weighted by Crippen LogP contribution is 1.83. The molecule has 0 saturated carbocycles. The van der Waals surface area contributed by atoms with Gasteiger partial charge in [-0.05, 0) is 13.5 Å². The van der Waals surface area contributed by atoms with Crippen LogP contribution < -0.4 is 5.32 Å². The molecule has 1 atom stereocenters. The maximum atomic E-state index is 10.6. The zero-order valence-corrected chi connectivity index (χ0v) is 7.33. The van der Waals surface area contributed by atoms with E-state index in [1.807, 2.05) is 6.92 Å². The number of likely N-dealkylation sites (N-methyl/N-ethyl adjacent to an activating group) is 1. The SMILES string of the molecule is CCN[C@H](C)C(=O)OC.Cl. The number of hydrogen-bond acceptors (Lipinski definition) is 3. The van der Waals surface area contributed by atoms with Gasteiger partial charge >= 0.3 is 5.97 Å². The molecule has 0 bridgehead atoms. The number of nitrogens with one attached hydrogen (secondary N) is 1. The zero-order valence-electron chi connectivity index (χ0n) is 6.51. The van der Waals surface area contributed by atoms with E-state index in [1.165, 1.54) is 7.11 Å². The first-order valence-electron chi connectivity index (χ1n) is 3.03. The second-order valence-electron chi connectivity index (χ2n) is 1.80. The van der Waals surface area contributed by atoms with E-state index in [9.17, 15) is 4.79 Å². The Labute approximate surface area is 67.5 Å². The van der Waals surface area contributed by atoms with Gasteiger partial charge in [0.1, 0.15) is 6.04 Å². The summed E-state index contributed by atoms with van der Waals surface area (Å²) < 4.78 is 4.46. The third-order valence-corrected chi connectivity index (χ3v) is 1.07. The Kier molecular flexibility index (Phi) is 8.48. The molecule has 0 saturated heterocycles. The van der Waals surface area contributed by atoms with Crippen LogP contribution in [0, 0.1) is 0 Å². The Hall–Kier alpha value is -0.280. The Morgan fingerprint density at radius 2 is 2.20 bits per heavy atom. The summed E-state index contributed by atoms with van der Waals surface area (Å²) in [5.41, 5.74) is 0. The first-order valence-corrected chi connectivity index (χ1v) is 3.03. The fourth-order valence-corrected chi connectivity index (χ4v) is 0.566. The van der Waals surface area contributed by atoms with Gasteiger partial charge in [-0.3, -0.25) is 4.79 Å². The van der Waals surface area contributed by atoms with Crippen LogP contribution in [0.5, 0.6) is 0 Å². The van der Waals surface area contributed by atoms with E-state index in [0.717, 1.165) is 6.54 Å². The molecule has 0 aliphatic heterocycles. The van der Waals surface area contributed by atoms with Crippen LogP contribution in [0.25, 0.3) is 0 Å². The van der Waals surface area contributed by atoms with Crippen molar-refractivity contribution in [3.05, 3.63) is 0 Å². The topological polar surface area (TPSA) is 38.3 Å². The van der Waals surface area contributed by atoms with Gasteiger partial charge in [-0.15, -0.1) is 12.4 Å². The maximum Gasteiger partial charge on any atom is 0.322 e. The quantitative estimate of drug-likeness (QED) is 0.625. The van der Waals surface area contributed by atoms with Crippen LogP contribution >= 0.6 is 12.4 Å². The van der Waals surface area contributed by atoms with E-state index in [-0.39, 0.29) is 24.4 Å². The average Bonchev–Trinajstić information content (AvgIpc) is 1.87. The number of methoxy groups -OCH3 is 1. The molecule has 0 amide bonds. The van der Waals surface area contributed by atoms with Crippen molar-refractivity contribution in [2.45, 2.75) is 19.9 Å². The van der Waals surface area contributed by atoms with Crippen molar-refractivity contribution in [1.29, 1.82) is 0 Å². The monoisotopic (exact) mass is 167 g/mol. The molecule has 4 heteroatoms. The smallest absolute Gasteiger partial charge is 0.322 e. The van der Waals surface area contributed by atoms with Gasteiger partial charge in [0.15, 0.2) is 0 Å². The Morgan fingerprint density at radius 3 is 2.50 bits per heavy atom. The van der Waals surface area contributed by atoms with E-state index in [1.54, 1.807) is 6.92 Å². The van der Waals surface area contributed by atoms with E-state index in [4.69, 9.17) is 0 Å². The molecule has 0 spiro atoms. The summed E-state index contributed by atoms with van der Waals surface area (Å²) in [7, 11) is 1.39. The van der Waals surface area contributed by atoms with Gasteiger partial charge in [-0.25, -0.2) is 0 Å². The highest BCUT2D eigenvalue weighted by Gasteiger charge is 2.09. The van der Waals surface area contributed by atoms with Crippen molar-refractivity contribution in [2.75, 3.05) is 13.7 Å². The summed E-state index contributed by atoms with van der Waals surface area (Å²) >= 11 is 0. The first kappa shape index (κ1) is 12.4. The van der Waals surface area contributed by atoms with Crippen molar-refractivity contribution in [2.24, 2.45) is 0 Å². The molecule has 10 heavy (non-hydrogen) atoms. The molecule has 0 radical (unpaired) electrons. The Balaban J connectivity index is 0. The average molecular weight is 168 g/mol. The van der Waals surface area contributed by atoms with Gasteiger partial charge in [0.05, 0.1) is 7.11 Å². The summed E-state index contributed by atoms with van der Waals surface area (Å²) in [5, 5.41) is 2.92. The predicted octanol–water partition coefficient (Wildman–Crippen LogP) is 0.579. The number of carbonyl (C=O) groups is 1.